The van der Waals surface area contributed by atoms with E-state index in [1.165, 1.54) is 23.9 Å². The first kappa shape index (κ1) is 22.8. The largest absolute Gasteiger partial charge is 0.463 e. The van der Waals surface area contributed by atoms with Crippen molar-refractivity contribution in [1.82, 2.24) is 14.8 Å². The quantitative estimate of drug-likeness (QED) is 0.216. The van der Waals surface area contributed by atoms with Gasteiger partial charge in [-0.1, -0.05) is 41.6 Å². The minimum Gasteiger partial charge on any atom is -0.463 e. The number of rotatable bonds is 7. The van der Waals surface area contributed by atoms with Crippen molar-refractivity contribution >= 4 is 41.0 Å². The molecule has 1 N–H and O–H groups in total. The Bertz CT molecular complexity index is 1240. The molecule has 33 heavy (non-hydrogen) atoms. The van der Waals surface area contributed by atoms with Crippen molar-refractivity contribution in [3.63, 3.8) is 0 Å². The molecule has 4 rings (SSSR count). The lowest BCUT2D eigenvalue weighted by atomic mass is 9.95. The Balaban J connectivity index is 1.71. The number of hydrogen-bond acceptors (Lipinski definition) is 8. The van der Waals surface area contributed by atoms with Crippen LogP contribution in [0.4, 0.5) is 11.6 Å². The number of aromatic nitrogens is 3. The summed E-state index contributed by atoms with van der Waals surface area (Å²) in [5, 5.41) is 20.0. The summed E-state index contributed by atoms with van der Waals surface area (Å²) >= 11 is 7.67. The number of halogens is 1. The Morgan fingerprint density at radius 3 is 2.67 bits per heavy atom. The van der Waals surface area contributed by atoms with Crippen molar-refractivity contribution in [2.45, 2.75) is 30.8 Å². The van der Waals surface area contributed by atoms with Crippen LogP contribution in [0.5, 0.6) is 0 Å². The summed E-state index contributed by atoms with van der Waals surface area (Å²) in [5.74, 6) is 0.547. The Labute approximate surface area is 199 Å². The molecule has 0 saturated carbocycles. The highest BCUT2D eigenvalue weighted by Gasteiger charge is 2.35. The highest BCUT2D eigenvalue weighted by molar-refractivity contribution is 7.98. The van der Waals surface area contributed by atoms with Gasteiger partial charge in [-0.2, -0.15) is 4.98 Å². The molecule has 0 unspecified atom stereocenters. The summed E-state index contributed by atoms with van der Waals surface area (Å²) in [5.41, 5.74) is 2.52. The zero-order chi connectivity index (χ0) is 23.5. The van der Waals surface area contributed by atoms with Gasteiger partial charge in [-0.15, -0.1) is 5.10 Å². The second-order valence-electron chi connectivity index (χ2n) is 7.18. The Morgan fingerprint density at radius 2 is 2.00 bits per heavy atom. The van der Waals surface area contributed by atoms with E-state index in [2.05, 4.69) is 15.4 Å². The third kappa shape index (κ3) is 4.71. The molecule has 0 aliphatic carbocycles. The number of fused-ring (bicyclic) bond motifs is 1. The topological polar surface area (TPSA) is 112 Å². The van der Waals surface area contributed by atoms with Crippen molar-refractivity contribution in [3.05, 3.63) is 86.1 Å². The zero-order valence-corrected chi connectivity index (χ0v) is 19.4. The van der Waals surface area contributed by atoms with Crippen molar-refractivity contribution in [3.8, 4) is 0 Å². The number of anilines is 1. The van der Waals surface area contributed by atoms with E-state index >= 15 is 0 Å². The highest BCUT2D eigenvalue weighted by Crippen LogP contribution is 2.37. The average molecular weight is 486 g/mol. The number of non-ortho nitro benzene ring substituents is 1. The fourth-order valence-corrected chi connectivity index (χ4v) is 4.62. The molecule has 1 aromatic heterocycles. The van der Waals surface area contributed by atoms with Gasteiger partial charge >= 0.3 is 5.97 Å². The molecule has 0 saturated heterocycles. The van der Waals surface area contributed by atoms with Crippen LogP contribution in [0.15, 0.2) is 65.0 Å². The van der Waals surface area contributed by atoms with Gasteiger partial charge in [0.25, 0.3) is 5.69 Å². The van der Waals surface area contributed by atoms with Crippen LogP contribution in [0, 0.1) is 10.1 Å². The molecule has 3 aromatic rings. The van der Waals surface area contributed by atoms with Crippen LogP contribution < -0.4 is 5.32 Å². The monoisotopic (exact) mass is 485 g/mol. The molecule has 2 aromatic carbocycles. The molecule has 9 nitrogen and oxygen atoms in total. The summed E-state index contributed by atoms with van der Waals surface area (Å²) in [6.07, 6.45) is 0. The lowest BCUT2D eigenvalue weighted by Gasteiger charge is -2.28. The maximum Gasteiger partial charge on any atom is 0.338 e. The lowest BCUT2D eigenvalue weighted by molar-refractivity contribution is -0.384. The number of hydrogen-bond donors (Lipinski definition) is 1. The smallest absolute Gasteiger partial charge is 0.338 e. The molecule has 0 radical (unpaired) electrons. The lowest BCUT2D eigenvalue weighted by Crippen LogP contribution is -2.29. The van der Waals surface area contributed by atoms with Crippen LogP contribution in [0.2, 0.25) is 5.02 Å². The third-order valence-corrected chi connectivity index (χ3v) is 6.32. The highest BCUT2D eigenvalue weighted by atomic mass is 35.5. The summed E-state index contributed by atoms with van der Waals surface area (Å²) in [4.78, 5) is 28.0. The number of esters is 1. The second-order valence-corrected chi connectivity index (χ2v) is 8.53. The molecule has 0 fully saturated rings. The van der Waals surface area contributed by atoms with Crippen LogP contribution in [-0.4, -0.2) is 32.3 Å². The van der Waals surface area contributed by atoms with Crippen molar-refractivity contribution in [2.75, 3.05) is 11.9 Å². The molecule has 1 atom stereocenters. The van der Waals surface area contributed by atoms with Crippen molar-refractivity contribution < 1.29 is 14.5 Å². The van der Waals surface area contributed by atoms with E-state index in [0.29, 0.717) is 38.7 Å². The minimum absolute atomic E-state index is 0.0409. The molecule has 170 valence electrons. The number of nitrogens with zero attached hydrogens (tertiary/aromatic N) is 4. The van der Waals surface area contributed by atoms with Gasteiger partial charge in [0.1, 0.15) is 6.04 Å². The summed E-state index contributed by atoms with van der Waals surface area (Å²) in [6.45, 7) is 3.71. The number of thioether (sulfide) groups is 1. The molecule has 0 bridgehead atoms. The van der Waals surface area contributed by atoms with E-state index in [1.54, 1.807) is 30.7 Å². The molecule has 2 heterocycles. The Hall–Kier alpha value is -3.37. The van der Waals surface area contributed by atoms with Gasteiger partial charge in [-0.3, -0.25) is 10.1 Å². The maximum absolute atomic E-state index is 12.8. The van der Waals surface area contributed by atoms with Gasteiger partial charge < -0.3 is 10.1 Å². The summed E-state index contributed by atoms with van der Waals surface area (Å²) < 4.78 is 6.89. The number of allylic oxidation sites excluding steroid dienone is 1. The number of benzene rings is 2. The van der Waals surface area contributed by atoms with E-state index in [-0.39, 0.29) is 12.3 Å². The molecular weight excluding hydrogens is 466 g/mol. The normalized spacial score (nSPS) is 15.1. The molecule has 0 spiro atoms. The molecule has 1 aliphatic heterocycles. The van der Waals surface area contributed by atoms with Gasteiger partial charge in [-0.25, -0.2) is 9.48 Å². The van der Waals surface area contributed by atoms with Gasteiger partial charge in [0.2, 0.25) is 11.1 Å². The summed E-state index contributed by atoms with van der Waals surface area (Å²) in [7, 11) is 0. The van der Waals surface area contributed by atoms with Crippen LogP contribution in [-0.2, 0) is 15.3 Å². The van der Waals surface area contributed by atoms with Gasteiger partial charge in [0.15, 0.2) is 0 Å². The zero-order valence-electron chi connectivity index (χ0n) is 17.8. The fourth-order valence-electron chi connectivity index (χ4n) is 3.51. The number of carbonyl (C=O) groups is 1. The van der Waals surface area contributed by atoms with Gasteiger partial charge in [-0.05, 0) is 43.2 Å². The third-order valence-electron chi connectivity index (χ3n) is 5.06. The number of nitro groups is 1. The second kappa shape index (κ2) is 9.63. The van der Waals surface area contributed by atoms with E-state index in [0.717, 1.165) is 5.56 Å². The predicted molar refractivity (Wildman–Crippen MR) is 125 cm³/mol. The minimum atomic E-state index is -0.650. The number of nitrogens with one attached hydrogen (secondary N) is 1. The predicted octanol–water partition coefficient (Wildman–Crippen LogP) is 4.98. The summed E-state index contributed by atoms with van der Waals surface area (Å²) in [6, 6.07) is 12.9. The maximum atomic E-state index is 12.8. The Morgan fingerprint density at radius 1 is 1.27 bits per heavy atom. The molecule has 0 amide bonds. The standard InChI is InChI=1S/C22H20ClN5O4S/c1-3-32-20(29)18-13(2)24-21-25-22(33-12-15-6-4-5-7-17(15)23)26-27(21)19(18)14-8-10-16(11-9-14)28(30)31/h4-11,19H,3,12H2,1-2H3,(H,24,25,26)/t19-/m0/s1. The number of ether oxygens (including phenoxy) is 1. The van der Waals surface area contributed by atoms with E-state index in [1.807, 2.05) is 24.3 Å². The van der Waals surface area contributed by atoms with Gasteiger partial charge in [0, 0.05) is 28.6 Å². The van der Waals surface area contributed by atoms with E-state index in [4.69, 9.17) is 16.3 Å². The van der Waals surface area contributed by atoms with Crippen LogP contribution in [0.3, 0.4) is 0 Å². The first-order valence-electron chi connectivity index (χ1n) is 10.1. The molecule has 11 heteroatoms. The SMILES string of the molecule is CCOC(=O)C1=C(C)Nc2nc(SCc3ccccc3Cl)nn2[C@H]1c1ccc([N+](=O)[O-])cc1. The Kier molecular flexibility index (Phi) is 6.66. The molecular formula is C22H20ClN5O4S. The first-order chi connectivity index (χ1) is 15.9. The average Bonchev–Trinajstić information content (AvgIpc) is 3.20. The molecule has 1 aliphatic rings. The van der Waals surface area contributed by atoms with Crippen molar-refractivity contribution in [2.24, 2.45) is 0 Å². The van der Waals surface area contributed by atoms with Gasteiger partial charge in [0.05, 0.1) is 17.1 Å². The van der Waals surface area contributed by atoms with Crippen LogP contribution >= 0.6 is 23.4 Å². The fraction of sp³-hybridized carbons (Fsp3) is 0.227. The number of carbonyl (C=O) groups excluding carboxylic acids is 1. The first-order valence-corrected chi connectivity index (χ1v) is 11.5. The number of nitro benzene ring substituents is 1. The van der Waals surface area contributed by atoms with E-state index in [9.17, 15) is 14.9 Å². The van der Waals surface area contributed by atoms with Crippen LogP contribution in [0.25, 0.3) is 0 Å². The van der Waals surface area contributed by atoms with Crippen LogP contribution in [0.1, 0.15) is 31.0 Å². The van der Waals surface area contributed by atoms with Crippen molar-refractivity contribution in [1.29, 1.82) is 0 Å². The van der Waals surface area contributed by atoms with E-state index < -0.39 is 16.9 Å².